The van der Waals surface area contributed by atoms with Gasteiger partial charge in [-0.1, -0.05) is 138 Å². The summed E-state index contributed by atoms with van der Waals surface area (Å²) in [5.74, 6) is -0.892. The molecule has 2 atom stereocenters. The first kappa shape index (κ1) is 43.4. The minimum atomic E-state index is -4.39. The molecule has 50 heavy (non-hydrogen) atoms. The van der Waals surface area contributed by atoms with E-state index >= 15 is 0 Å². The lowest BCUT2D eigenvalue weighted by Crippen LogP contribution is -2.37. The molecule has 0 heterocycles. The monoisotopic (exact) mass is 716 g/mol. The van der Waals surface area contributed by atoms with Gasteiger partial charge in [0.05, 0.1) is 27.7 Å². The fourth-order valence-corrected chi connectivity index (χ4v) is 5.93. The normalized spacial score (nSPS) is 13.6. The van der Waals surface area contributed by atoms with Crippen molar-refractivity contribution in [3.63, 3.8) is 0 Å². The second kappa shape index (κ2) is 25.2. The number of carbonyl (C=O) groups excluding carboxylic acids is 2. The van der Waals surface area contributed by atoms with Gasteiger partial charge in [-0.2, -0.15) is 0 Å². The van der Waals surface area contributed by atoms with Crippen LogP contribution >= 0.6 is 7.82 Å². The maximum absolute atomic E-state index is 12.6. The molecule has 0 aromatic heterocycles. The van der Waals surface area contributed by atoms with Gasteiger partial charge in [0, 0.05) is 12.8 Å². The maximum Gasteiger partial charge on any atom is 0.472 e. The standard InChI is InChI=1S/C40H62NO8P/c1-5-6-7-8-9-10-11-12-13-14-18-23-40(43)49-38(34-48-50(44,45)47-32-31-41(2,3)4)33-46-39(42)24-19-22-36-26-29-37(30-27-36)28-25-35-20-16-15-17-21-35/h15-17,20-21,25-30,38H,5-14,18-19,22-24,31-34H2,1-4H3/p+1/b28-25+/t38-/m1/s1. The summed E-state index contributed by atoms with van der Waals surface area (Å²) in [5.41, 5.74) is 3.34. The third-order valence-corrected chi connectivity index (χ3v) is 9.23. The number of phosphoric acid groups is 1. The van der Waals surface area contributed by atoms with Crippen LogP contribution in [0, 0.1) is 0 Å². The van der Waals surface area contributed by atoms with Crippen LogP contribution in [-0.4, -0.2) is 74.9 Å². The molecule has 0 fully saturated rings. The van der Waals surface area contributed by atoms with E-state index in [4.69, 9.17) is 18.5 Å². The first-order valence-electron chi connectivity index (χ1n) is 18.6. The van der Waals surface area contributed by atoms with Gasteiger partial charge in [0.1, 0.15) is 19.8 Å². The zero-order valence-electron chi connectivity index (χ0n) is 31.1. The molecule has 10 heteroatoms. The van der Waals surface area contributed by atoms with E-state index < -0.39 is 32.5 Å². The number of nitrogens with zero attached hydrogens (tertiary/aromatic N) is 1. The SMILES string of the molecule is CCCCCCCCCCCCCC(=O)O[C@H](COC(=O)CCCc1ccc(/C=C/c2ccccc2)cc1)COP(=O)(O)OCC[N+](C)(C)C. The molecule has 280 valence electrons. The number of esters is 2. The molecule has 0 amide bonds. The molecule has 0 radical (unpaired) electrons. The van der Waals surface area contributed by atoms with Crippen LogP contribution in [0.2, 0.25) is 0 Å². The average molecular weight is 717 g/mol. The van der Waals surface area contributed by atoms with E-state index in [-0.39, 0.29) is 26.1 Å². The van der Waals surface area contributed by atoms with Gasteiger partial charge in [0.25, 0.3) is 0 Å². The topological polar surface area (TPSA) is 108 Å². The third kappa shape index (κ3) is 22.8. The number of rotatable bonds is 28. The molecule has 0 saturated heterocycles. The first-order chi connectivity index (χ1) is 24.0. The van der Waals surface area contributed by atoms with Crippen molar-refractivity contribution in [2.75, 3.05) is 47.5 Å². The van der Waals surface area contributed by atoms with E-state index in [1.54, 1.807) is 0 Å². The second-order valence-electron chi connectivity index (χ2n) is 14.0. The molecule has 2 rings (SSSR count). The highest BCUT2D eigenvalue weighted by atomic mass is 31.2. The molecule has 0 aliphatic carbocycles. The zero-order valence-corrected chi connectivity index (χ0v) is 32.0. The van der Waals surface area contributed by atoms with E-state index in [1.165, 1.54) is 44.9 Å². The Balaban J connectivity index is 1.76. The number of phosphoric ester groups is 1. The highest BCUT2D eigenvalue weighted by Gasteiger charge is 2.27. The summed E-state index contributed by atoms with van der Waals surface area (Å²) >= 11 is 0. The number of aryl methyl sites for hydroxylation is 1. The van der Waals surface area contributed by atoms with Crippen molar-refractivity contribution in [3.8, 4) is 0 Å². The number of likely N-dealkylation sites (N-methyl/N-ethyl adjacent to an activating group) is 1. The number of ether oxygens (including phenoxy) is 2. The third-order valence-electron chi connectivity index (χ3n) is 8.25. The molecule has 1 N–H and O–H groups in total. The number of hydrogen-bond acceptors (Lipinski definition) is 7. The van der Waals surface area contributed by atoms with Gasteiger partial charge in [-0.05, 0) is 36.0 Å². The van der Waals surface area contributed by atoms with Crippen molar-refractivity contribution in [1.82, 2.24) is 0 Å². The predicted octanol–water partition coefficient (Wildman–Crippen LogP) is 9.18. The van der Waals surface area contributed by atoms with Crippen LogP contribution in [0.15, 0.2) is 54.6 Å². The summed E-state index contributed by atoms with van der Waals surface area (Å²) in [6, 6.07) is 18.3. The van der Waals surface area contributed by atoms with Gasteiger partial charge in [0.15, 0.2) is 6.10 Å². The summed E-state index contributed by atoms with van der Waals surface area (Å²) < 4.78 is 34.2. The van der Waals surface area contributed by atoms with Gasteiger partial charge in [-0.15, -0.1) is 0 Å². The summed E-state index contributed by atoms with van der Waals surface area (Å²) in [5, 5.41) is 0. The van der Waals surface area contributed by atoms with Crippen LogP contribution in [-0.2, 0) is 39.1 Å². The van der Waals surface area contributed by atoms with E-state index in [0.717, 1.165) is 36.0 Å². The summed E-state index contributed by atoms with van der Waals surface area (Å²) in [6.07, 6.45) is 17.7. The van der Waals surface area contributed by atoms with Crippen molar-refractivity contribution in [3.05, 3.63) is 71.3 Å². The lowest BCUT2D eigenvalue weighted by atomic mass is 10.1. The Morgan fingerprint density at radius 2 is 1.28 bits per heavy atom. The first-order valence-corrected chi connectivity index (χ1v) is 20.0. The number of carbonyl (C=O) groups is 2. The predicted molar refractivity (Wildman–Crippen MR) is 201 cm³/mol. The second-order valence-corrected chi connectivity index (χ2v) is 15.5. The van der Waals surface area contributed by atoms with Crippen LogP contribution in [0.25, 0.3) is 12.2 Å². The number of benzene rings is 2. The minimum absolute atomic E-state index is 0.0166. The quantitative estimate of drug-likeness (QED) is 0.0305. The van der Waals surface area contributed by atoms with E-state index in [2.05, 4.69) is 31.2 Å². The Morgan fingerprint density at radius 1 is 0.720 bits per heavy atom. The van der Waals surface area contributed by atoms with Gasteiger partial charge in [-0.3, -0.25) is 18.6 Å². The Morgan fingerprint density at radius 3 is 1.88 bits per heavy atom. The van der Waals surface area contributed by atoms with Crippen molar-refractivity contribution in [2.45, 2.75) is 109 Å². The Hall–Kier alpha value is -2.81. The van der Waals surface area contributed by atoms with Crippen LogP contribution in [0.5, 0.6) is 0 Å². The van der Waals surface area contributed by atoms with E-state index in [1.807, 2.05) is 63.6 Å². The van der Waals surface area contributed by atoms with Crippen molar-refractivity contribution >= 4 is 31.9 Å². The summed E-state index contributed by atoms with van der Waals surface area (Å²) in [4.78, 5) is 35.4. The van der Waals surface area contributed by atoms with E-state index in [0.29, 0.717) is 30.3 Å². The van der Waals surface area contributed by atoms with Crippen molar-refractivity contribution in [2.24, 2.45) is 0 Å². The highest BCUT2D eigenvalue weighted by Crippen LogP contribution is 2.43. The highest BCUT2D eigenvalue weighted by molar-refractivity contribution is 7.47. The Kier molecular flexibility index (Phi) is 21.8. The van der Waals surface area contributed by atoms with Gasteiger partial charge < -0.3 is 18.9 Å². The minimum Gasteiger partial charge on any atom is -0.462 e. The fourth-order valence-electron chi connectivity index (χ4n) is 5.19. The largest absolute Gasteiger partial charge is 0.472 e. The lowest BCUT2D eigenvalue weighted by Gasteiger charge is -2.24. The molecule has 0 aliphatic rings. The Labute approximate surface area is 301 Å². The lowest BCUT2D eigenvalue weighted by molar-refractivity contribution is -0.870. The fraction of sp³-hybridized carbons (Fsp3) is 0.600. The van der Waals surface area contributed by atoms with Crippen LogP contribution < -0.4 is 0 Å². The molecule has 0 aliphatic heterocycles. The van der Waals surface area contributed by atoms with Crippen LogP contribution in [0.4, 0.5) is 0 Å². The van der Waals surface area contributed by atoms with Crippen molar-refractivity contribution in [1.29, 1.82) is 0 Å². The molecule has 9 nitrogen and oxygen atoms in total. The molecule has 2 aromatic carbocycles. The van der Waals surface area contributed by atoms with E-state index in [9.17, 15) is 19.0 Å². The molecule has 2 aromatic rings. The summed E-state index contributed by atoms with van der Waals surface area (Å²) in [7, 11) is 1.42. The smallest absolute Gasteiger partial charge is 0.462 e. The van der Waals surface area contributed by atoms with Gasteiger partial charge in [-0.25, -0.2) is 4.57 Å². The number of unbranched alkanes of at least 4 members (excludes halogenated alkanes) is 10. The average Bonchev–Trinajstić information content (AvgIpc) is 3.08. The van der Waals surface area contributed by atoms with Crippen LogP contribution in [0.1, 0.15) is 114 Å². The molecule has 0 saturated carbocycles. The molecular weight excluding hydrogens is 653 g/mol. The number of quaternary nitrogens is 1. The van der Waals surface area contributed by atoms with Crippen molar-refractivity contribution < 1.29 is 42.1 Å². The van der Waals surface area contributed by atoms with Gasteiger partial charge >= 0.3 is 19.8 Å². The van der Waals surface area contributed by atoms with Crippen LogP contribution in [0.3, 0.4) is 0 Å². The molecule has 0 spiro atoms. The Bertz CT molecular complexity index is 1280. The molecule has 0 bridgehead atoms. The number of hydrogen-bond donors (Lipinski definition) is 1. The molecule has 1 unspecified atom stereocenters. The summed E-state index contributed by atoms with van der Waals surface area (Å²) in [6.45, 7) is 2.04. The molecular formula is C40H63NO8P+. The maximum atomic E-state index is 12.6. The zero-order chi connectivity index (χ0) is 36.5. The van der Waals surface area contributed by atoms with Gasteiger partial charge in [0.2, 0.25) is 0 Å².